The van der Waals surface area contributed by atoms with Crippen molar-refractivity contribution in [1.29, 1.82) is 0 Å². The van der Waals surface area contributed by atoms with E-state index >= 15 is 0 Å². The lowest BCUT2D eigenvalue weighted by molar-refractivity contribution is -0.143. The number of benzene rings is 1. The minimum atomic E-state index is -0.160. The third kappa shape index (κ3) is 4.31. The normalized spacial score (nSPS) is 10.3. The van der Waals surface area contributed by atoms with Crippen LogP contribution in [-0.4, -0.2) is 22.7 Å². The maximum Gasteiger partial charge on any atom is 0.305 e. The summed E-state index contributed by atoms with van der Waals surface area (Å²) >= 11 is 0. The lowest BCUT2D eigenvalue weighted by atomic mass is 9.98. The van der Waals surface area contributed by atoms with E-state index in [4.69, 9.17) is 4.74 Å². The zero-order chi connectivity index (χ0) is 15.1. The zero-order valence-corrected chi connectivity index (χ0v) is 12.1. The predicted octanol–water partition coefficient (Wildman–Crippen LogP) is 3.34. The molecule has 0 fully saturated rings. The minimum Gasteiger partial charge on any atom is -0.508 e. The highest BCUT2D eigenvalue weighted by molar-refractivity contribution is 5.70. The van der Waals surface area contributed by atoms with Crippen molar-refractivity contribution in [2.45, 2.75) is 26.2 Å². The van der Waals surface area contributed by atoms with Gasteiger partial charge in [-0.15, -0.1) is 0 Å². The van der Waals surface area contributed by atoms with Crippen molar-refractivity contribution in [3.05, 3.63) is 48.3 Å². The molecule has 0 aliphatic carbocycles. The summed E-state index contributed by atoms with van der Waals surface area (Å²) in [6.07, 6.45) is 5.49. The van der Waals surface area contributed by atoms with E-state index in [0.717, 1.165) is 29.5 Å². The molecule has 0 radical (unpaired) electrons. The molecule has 0 aliphatic heterocycles. The molecule has 110 valence electrons. The van der Waals surface area contributed by atoms with E-state index in [1.807, 2.05) is 31.3 Å². The van der Waals surface area contributed by atoms with Gasteiger partial charge < -0.3 is 9.84 Å². The molecule has 0 amide bonds. The highest BCUT2D eigenvalue weighted by Gasteiger charge is 2.07. The van der Waals surface area contributed by atoms with Crippen molar-refractivity contribution in [2.24, 2.45) is 0 Å². The SMILES string of the molecule is CCOC(=O)CCCc1cnccc1-c1ccc(O)cc1. The standard InChI is InChI=1S/C17H19NO3/c1-2-21-17(20)5-3-4-14-12-18-11-10-16(14)13-6-8-15(19)9-7-13/h6-12,19H,2-5H2,1H3. The first-order valence-electron chi connectivity index (χ1n) is 7.08. The van der Waals surface area contributed by atoms with Gasteiger partial charge in [-0.2, -0.15) is 0 Å². The van der Waals surface area contributed by atoms with Crippen molar-refractivity contribution in [3.63, 3.8) is 0 Å². The van der Waals surface area contributed by atoms with Crippen LogP contribution in [0, 0.1) is 0 Å². The molecule has 2 aromatic rings. The molecule has 4 nitrogen and oxygen atoms in total. The summed E-state index contributed by atoms with van der Waals surface area (Å²) in [6.45, 7) is 2.23. The number of pyridine rings is 1. The van der Waals surface area contributed by atoms with Crippen molar-refractivity contribution in [3.8, 4) is 16.9 Å². The van der Waals surface area contributed by atoms with Gasteiger partial charge in [0.05, 0.1) is 6.61 Å². The lowest BCUT2D eigenvalue weighted by Crippen LogP contribution is -2.04. The monoisotopic (exact) mass is 285 g/mol. The Hall–Kier alpha value is -2.36. The van der Waals surface area contributed by atoms with Gasteiger partial charge >= 0.3 is 5.97 Å². The first kappa shape index (κ1) is 15.0. The molecule has 4 heteroatoms. The fourth-order valence-corrected chi connectivity index (χ4v) is 2.21. The number of aromatic hydroxyl groups is 1. The number of carbonyl (C=O) groups is 1. The van der Waals surface area contributed by atoms with E-state index in [9.17, 15) is 9.90 Å². The molecule has 1 aromatic heterocycles. The number of aryl methyl sites for hydroxylation is 1. The molecule has 0 saturated heterocycles. The van der Waals surface area contributed by atoms with Crippen molar-refractivity contribution in [2.75, 3.05) is 6.61 Å². The van der Waals surface area contributed by atoms with Crippen molar-refractivity contribution < 1.29 is 14.6 Å². The van der Waals surface area contributed by atoms with Crippen LogP contribution in [0.5, 0.6) is 5.75 Å². The van der Waals surface area contributed by atoms with E-state index in [0.29, 0.717) is 13.0 Å². The van der Waals surface area contributed by atoms with Crippen LogP contribution in [-0.2, 0) is 16.0 Å². The molecule has 0 spiro atoms. The molecular weight excluding hydrogens is 266 g/mol. The number of nitrogens with zero attached hydrogens (tertiary/aromatic N) is 1. The Bertz CT molecular complexity index is 593. The summed E-state index contributed by atoms with van der Waals surface area (Å²) in [5.41, 5.74) is 3.20. The predicted molar refractivity (Wildman–Crippen MR) is 80.9 cm³/mol. The molecular formula is C17H19NO3. The molecule has 1 N–H and O–H groups in total. The topological polar surface area (TPSA) is 59.4 Å². The summed E-state index contributed by atoms with van der Waals surface area (Å²) in [5.74, 6) is 0.0873. The molecule has 0 bridgehead atoms. The van der Waals surface area contributed by atoms with Crippen molar-refractivity contribution >= 4 is 5.97 Å². The number of rotatable bonds is 6. The van der Waals surface area contributed by atoms with Gasteiger partial charge in [0, 0.05) is 18.8 Å². The molecule has 0 atom stereocenters. The van der Waals surface area contributed by atoms with E-state index in [-0.39, 0.29) is 11.7 Å². The van der Waals surface area contributed by atoms with Crippen LogP contribution in [0.4, 0.5) is 0 Å². The van der Waals surface area contributed by atoms with Gasteiger partial charge in [0.1, 0.15) is 5.75 Å². The number of phenolic OH excluding ortho intramolecular Hbond substituents is 1. The number of carbonyl (C=O) groups excluding carboxylic acids is 1. The lowest BCUT2D eigenvalue weighted by Gasteiger charge is -2.09. The molecule has 0 unspecified atom stereocenters. The van der Waals surface area contributed by atoms with Gasteiger partial charge in [-0.05, 0) is 54.7 Å². The number of esters is 1. The Morgan fingerprint density at radius 2 is 2.00 bits per heavy atom. The zero-order valence-electron chi connectivity index (χ0n) is 12.1. The fraction of sp³-hybridized carbons (Fsp3) is 0.294. The van der Waals surface area contributed by atoms with E-state index < -0.39 is 0 Å². The molecule has 1 heterocycles. The molecule has 21 heavy (non-hydrogen) atoms. The van der Waals surface area contributed by atoms with Crippen LogP contribution < -0.4 is 0 Å². The summed E-state index contributed by atoms with van der Waals surface area (Å²) < 4.78 is 4.93. The van der Waals surface area contributed by atoms with Crippen LogP contribution in [0.2, 0.25) is 0 Å². The third-order valence-corrected chi connectivity index (χ3v) is 3.21. The number of aromatic nitrogens is 1. The number of hydrogen-bond donors (Lipinski definition) is 1. The maximum atomic E-state index is 11.4. The van der Waals surface area contributed by atoms with Gasteiger partial charge in [0.15, 0.2) is 0 Å². The first-order valence-corrected chi connectivity index (χ1v) is 7.08. The third-order valence-electron chi connectivity index (χ3n) is 3.21. The van der Waals surface area contributed by atoms with E-state index in [1.165, 1.54) is 0 Å². The quantitative estimate of drug-likeness (QED) is 0.827. The van der Waals surface area contributed by atoms with Gasteiger partial charge in [0.25, 0.3) is 0 Å². The molecule has 1 aromatic carbocycles. The number of phenols is 1. The summed E-state index contributed by atoms with van der Waals surface area (Å²) in [6, 6.07) is 9.03. The number of ether oxygens (including phenoxy) is 1. The molecule has 0 aliphatic rings. The van der Waals surface area contributed by atoms with Crippen LogP contribution >= 0.6 is 0 Å². The van der Waals surface area contributed by atoms with Crippen molar-refractivity contribution in [1.82, 2.24) is 4.98 Å². The Kier molecular flexibility index (Phi) is 5.32. The average Bonchev–Trinajstić information content (AvgIpc) is 2.49. The average molecular weight is 285 g/mol. The Balaban J connectivity index is 2.07. The van der Waals surface area contributed by atoms with Crippen LogP contribution in [0.15, 0.2) is 42.7 Å². The van der Waals surface area contributed by atoms with Crippen LogP contribution in [0.25, 0.3) is 11.1 Å². The van der Waals surface area contributed by atoms with Crippen LogP contribution in [0.3, 0.4) is 0 Å². The second-order valence-corrected chi connectivity index (χ2v) is 4.74. The summed E-state index contributed by atoms with van der Waals surface area (Å²) in [5, 5.41) is 9.36. The molecule has 0 saturated carbocycles. The Morgan fingerprint density at radius 3 is 2.71 bits per heavy atom. The summed E-state index contributed by atoms with van der Waals surface area (Å²) in [7, 11) is 0. The smallest absolute Gasteiger partial charge is 0.305 e. The van der Waals surface area contributed by atoms with Gasteiger partial charge in [-0.1, -0.05) is 12.1 Å². The van der Waals surface area contributed by atoms with E-state index in [2.05, 4.69) is 4.98 Å². The first-order chi connectivity index (χ1) is 10.2. The highest BCUT2D eigenvalue weighted by atomic mass is 16.5. The largest absolute Gasteiger partial charge is 0.508 e. The van der Waals surface area contributed by atoms with Gasteiger partial charge in [-0.3, -0.25) is 9.78 Å². The fourth-order valence-electron chi connectivity index (χ4n) is 2.21. The minimum absolute atomic E-state index is 0.160. The number of hydrogen-bond acceptors (Lipinski definition) is 4. The second kappa shape index (κ2) is 7.43. The Labute approximate surface area is 124 Å². The van der Waals surface area contributed by atoms with Gasteiger partial charge in [-0.25, -0.2) is 0 Å². The maximum absolute atomic E-state index is 11.4. The van der Waals surface area contributed by atoms with E-state index in [1.54, 1.807) is 18.3 Å². The second-order valence-electron chi connectivity index (χ2n) is 4.74. The summed E-state index contributed by atoms with van der Waals surface area (Å²) in [4.78, 5) is 15.5. The highest BCUT2D eigenvalue weighted by Crippen LogP contribution is 2.25. The van der Waals surface area contributed by atoms with Gasteiger partial charge in [0.2, 0.25) is 0 Å². The molecule has 2 rings (SSSR count). The van der Waals surface area contributed by atoms with Crippen LogP contribution in [0.1, 0.15) is 25.3 Å². The Morgan fingerprint density at radius 1 is 1.24 bits per heavy atom.